The molecule has 1 aliphatic rings. The summed E-state index contributed by atoms with van der Waals surface area (Å²) < 4.78 is 59.2. The maximum atomic E-state index is 15.0. The Labute approximate surface area is 207 Å². The fourth-order valence-electron chi connectivity index (χ4n) is 4.18. The van der Waals surface area contributed by atoms with Gasteiger partial charge in [0.1, 0.15) is 34.5 Å². The first-order valence-electron chi connectivity index (χ1n) is 10.9. The van der Waals surface area contributed by atoms with E-state index < -0.39 is 43.4 Å². The monoisotopic (exact) mass is 514 g/mol. The number of nitrogens with one attached hydrogen (secondary N) is 1. The van der Waals surface area contributed by atoms with E-state index in [4.69, 9.17) is 10.5 Å². The highest BCUT2D eigenvalue weighted by molar-refractivity contribution is 7.93. The highest BCUT2D eigenvalue weighted by Crippen LogP contribution is 2.43. The first kappa shape index (κ1) is 25.2. The number of benzene rings is 2. The van der Waals surface area contributed by atoms with Crippen molar-refractivity contribution in [3.63, 3.8) is 0 Å². The number of aromatic nitrogens is 1. The van der Waals surface area contributed by atoms with Crippen LogP contribution in [0, 0.1) is 11.6 Å². The summed E-state index contributed by atoms with van der Waals surface area (Å²) in [4.78, 5) is 21.0. The minimum atomic E-state index is -4.10. The smallest absolute Gasteiger partial charge is 0.274 e. The van der Waals surface area contributed by atoms with Crippen molar-refractivity contribution in [2.24, 2.45) is 10.7 Å². The van der Waals surface area contributed by atoms with Crippen LogP contribution in [0.15, 0.2) is 65.8 Å². The molecule has 11 heteroatoms. The third-order valence-electron chi connectivity index (χ3n) is 6.33. The molecule has 3 aromatic rings. The van der Waals surface area contributed by atoms with Gasteiger partial charge in [0.05, 0.1) is 19.1 Å². The van der Waals surface area contributed by atoms with Gasteiger partial charge in [-0.05, 0) is 61.9 Å². The average Bonchev–Trinajstić information content (AvgIpc) is 2.83. The average molecular weight is 515 g/mol. The molecule has 2 aromatic carbocycles. The zero-order valence-corrected chi connectivity index (χ0v) is 20.6. The number of nitrogens with two attached hydrogens (primary N) is 1. The molecule has 1 aliphatic heterocycles. The Kier molecular flexibility index (Phi) is 6.29. The van der Waals surface area contributed by atoms with Crippen molar-refractivity contribution in [3.8, 4) is 5.75 Å². The molecule has 4 rings (SSSR count). The normalized spacial score (nSPS) is 23.0. The lowest BCUT2D eigenvalue weighted by atomic mass is 9.91. The lowest BCUT2D eigenvalue weighted by molar-refractivity contribution is 0.102. The van der Waals surface area contributed by atoms with Gasteiger partial charge in [0.15, 0.2) is 14.6 Å². The fraction of sp³-hybridized carbons (Fsp3) is 0.240. The topological polar surface area (TPSA) is 124 Å². The standard InChI is InChI=1S/C25H24F2N4O4S/c1-24(14-36(33,34)25(2,23(28)31-24)15-5-4-6-16(26)11-15)19-12-17(7-9-20(19)27)30-22(32)21-10-8-18(35-3)13-29-21/h4-13H,14H2,1-3H3,(H2,28,31)(H,30,32)/t24-,25+/m0/s1. The van der Waals surface area contributed by atoms with Crippen LogP contribution in [0.3, 0.4) is 0 Å². The number of hydrogen-bond acceptors (Lipinski definition) is 7. The molecule has 0 aliphatic carbocycles. The molecule has 3 N–H and O–H groups in total. The molecule has 0 fully saturated rings. The molecular formula is C25H24F2N4O4S. The maximum Gasteiger partial charge on any atom is 0.274 e. The van der Waals surface area contributed by atoms with E-state index in [1.807, 2.05) is 0 Å². The largest absolute Gasteiger partial charge is 0.495 e. The van der Waals surface area contributed by atoms with Crippen molar-refractivity contribution < 1.29 is 26.7 Å². The van der Waals surface area contributed by atoms with E-state index in [0.717, 1.165) is 12.1 Å². The third-order valence-corrected chi connectivity index (χ3v) is 8.96. The molecule has 0 unspecified atom stereocenters. The number of methoxy groups -OCH3 is 1. The number of amidine groups is 1. The van der Waals surface area contributed by atoms with Crippen molar-refractivity contribution in [3.05, 3.63) is 89.2 Å². The Balaban J connectivity index is 1.71. The van der Waals surface area contributed by atoms with Gasteiger partial charge in [0, 0.05) is 11.3 Å². The number of anilines is 1. The Morgan fingerprint density at radius 1 is 1.11 bits per heavy atom. The molecule has 36 heavy (non-hydrogen) atoms. The number of carbonyl (C=O) groups excluding carboxylic acids is 1. The summed E-state index contributed by atoms with van der Waals surface area (Å²) in [5, 5.41) is 2.62. The van der Waals surface area contributed by atoms with Gasteiger partial charge in [-0.1, -0.05) is 12.1 Å². The molecule has 2 heterocycles. The van der Waals surface area contributed by atoms with Crippen LogP contribution in [0.1, 0.15) is 35.5 Å². The van der Waals surface area contributed by atoms with Gasteiger partial charge in [-0.2, -0.15) is 0 Å². The summed E-state index contributed by atoms with van der Waals surface area (Å²) in [5.41, 5.74) is 4.95. The van der Waals surface area contributed by atoms with Crippen LogP contribution < -0.4 is 15.8 Å². The molecule has 1 amide bonds. The van der Waals surface area contributed by atoms with Gasteiger partial charge in [0.2, 0.25) is 0 Å². The second kappa shape index (κ2) is 8.98. The number of aliphatic imine (C=N–C) groups is 1. The van der Waals surface area contributed by atoms with Crippen molar-refractivity contribution in [2.75, 3.05) is 18.2 Å². The lowest BCUT2D eigenvalue weighted by Gasteiger charge is -2.40. The van der Waals surface area contributed by atoms with Gasteiger partial charge >= 0.3 is 0 Å². The first-order valence-corrected chi connectivity index (χ1v) is 12.5. The first-order chi connectivity index (χ1) is 16.9. The van der Waals surface area contributed by atoms with E-state index in [0.29, 0.717) is 5.75 Å². The molecule has 1 aromatic heterocycles. The molecular weight excluding hydrogens is 490 g/mol. The van der Waals surface area contributed by atoms with Gasteiger partial charge < -0.3 is 15.8 Å². The van der Waals surface area contributed by atoms with E-state index in [-0.39, 0.29) is 28.3 Å². The van der Waals surface area contributed by atoms with Gasteiger partial charge in [-0.25, -0.2) is 22.2 Å². The van der Waals surface area contributed by atoms with E-state index in [1.165, 1.54) is 63.6 Å². The SMILES string of the molecule is COc1ccc(C(=O)Nc2ccc(F)c([C@]3(C)CS(=O)(=O)[C@](C)(c4cccc(F)c4)C(N)=N3)c2)nc1. The number of pyridine rings is 1. The minimum absolute atomic E-state index is 0.0733. The highest BCUT2D eigenvalue weighted by Gasteiger charge is 2.53. The van der Waals surface area contributed by atoms with E-state index in [1.54, 1.807) is 6.07 Å². The minimum Gasteiger partial charge on any atom is -0.495 e. The van der Waals surface area contributed by atoms with Gasteiger partial charge in [-0.15, -0.1) is 0 Å². The number of ether oxygens (including phenoxy) is 1. The molecule has 188 valence electrons. The Morgan fingerprint density at radius 2 is 1.86 bits per heavy atom. The molecule has 0 saturated carbocycles. The van der Waals surface area contributed by atoms with Crippen LogP contribution in [-0.4, -0.2) is 38.0 Å². The molecule has 0 bridgehead atoms. The van der Waals surface area contributed by atoms with Crippen LogP contribution in [0.25, 0.3) is 0 Å². The van der Waals surface area contributed by atoms with E-state index in [9.17, 15) is 22.0 Å². The fourth-order valence-corrected chi connectivity index (χ4v) is 6.27. The maximum absolute atomic E-state index is 15.0. The Bertz CT molecular complexity index is 1480. The zero-order chi connectivity index (χ0) is 26.3. The quantitative estimate of drug-likeness (QED) is 0.537. The van der Waals surface area contributed by atoms with Crippen LogP contribution in [0.2, 0.25) is 0 Å². The van der Waals surface area contributed by atoms with Crippen LogP contribution in [-0.2, 0) is 20.1 Å². The predicted octanol–water partition coefficient (Wildman–Crippen LogP) is 3.54. The number of sulfone groups is 1. The van der Waals surface area contributed by atoms with Crippen LogP contribution in [0.4, 0.5) is 14.5 Å². The third kappa shape index (κ3) is 4.30. The second-order valence-corrected chi connectivity index (χ2v) is 11.1. The highest BCUT2D eigenvalue weighted by atomic mass is 32.2. The van der Waals surface area contributed by atoms with Crippen LogP contribution >= 0.6 is 0 Å². The lowest BCUT2D eigenvalue weighted by Crippen LogP contribution is -2.54. The summed E-state index contributed by atoms with van der Waals surface area (Å²) in [6.07, 6.45) is 1.38. The molecule has 8 nitrogen and oxygen atoms in total. The van der Waals surface area contributed by atoms with Crippen LogP contribution in [0.5, 0.6) is 5.75 Å². The molecule has 0 radical (unpaired) electrons. The van der Waals surface area contributed by atoms with Crippen molar-refractivity contribution in [2.45, 2.75) is 24.1 Å². The van der Waals surface area contributed by atoms with Crippen molar-refractivity contribution in [1.82, 2.24) is 4.98 Å². The summed E-state index contributed by atoms with van der Waals surface area (Å²) in [6, 6.07) is 11.9. The number of carbonyl (C=O) groups is 1. The summed E-state index contributed by atoms with van der Waals surface area (Å²) in [7, 11) is -2.63. The number of rotatable bonds is 5. The predicted molar refractivity (Wildman–Crippen MR) is 132 cm³/mol. The summed E-state index contributed by atoms with van der Waals surface area (Å²) in [6.45, 7) is 2.79. The molecule has 2 atom stereocenters. The summed E-state index contributed by atoms with van der Waals surface area (Å²) in [5.74, 6) is -2.31. The number of halogens is 2. The molecule has 0 spiro atoms. The van der Waals surface area contributed by atoms with Crippen molar-refractivity contribution in [1.29, 1.82) is 0 Å². The Morgan fingerprint density at radius 3 is 2.47 bits per heavy atom. The van der Waals surface area contributed by atoms with E-state index >= 15 is 0 Å². The number of hydrogen-bond donors (Lipinski definition) is 2. The van der Waals surface area contributed by atoms with E-state index in [2.05, 4.69) is 15.3 Å². The Hall–Kier alpha value is -3.86. The number of nitrogens with zero attached hydrogens (tertiary/aromatic N) is 2. The van der Waals surface area contributed by atoms with Crippen molar-refractivity contribution >= 4 is 27.3 Å². The van der Waals surface area contributed by atoms with Gasteiger partial charge in [-0.3, -0.25) is 9.79 Å². The molecule has 0 saturated heterocycles. The zero-order valence-electron chi connectivity index (χ0n) is 19.7. The number of amides is 1. The summed E-state index contributed by atoms with van der Waals surface area (Å²) >= 11 is 0. The van der Waals surface area contributed by atoms with Gasteiger partial charge in [0.25, 0.3) is 5.91 Å². The second-order valence-electron chi connectivity index (χ2n) is 8.81.